The largest absolute Gasteiger partial charge is 0.466 e. The first-order chi connectivity index (χ1) is 13.5. The molecule has 0 saturated carbocycles. The molecule has 0 aliphatic rings. The number of nitrogens with zero attached hydrogens (tertiary/aromatic N) is 5. The van der Waals surface area contributed by atoms with Crippen LogP contribution >= 0.6 is 0 Å². The second kappa shape index (κ2) is 7.10. The number of aryl methyl sites for hydroxylation is 3. The van der Waals surface area contributed by atoms with E-state index in [0.29, 0.717) is 22.9 Å². The molecular formula is C19H17N5O4. The number of carbonyl (C=O) groups is 1. The maximum absolute atomic E-state index is 12.4. The van der Waals surface area contributed by atoms with Crippen LogP contribution in [0, 0.1) is 20.8 Å². The Morgan fingerprint density at radius 2 is 1.86 bits per heavy atom. The van der Waals surface area contributed by atoms with Gasteiger partial charge in [0, 0.05) is 0 Å². The van der Waals surface area contributed by atoms with Gasteiger partial charge in [-0.25, -0.2) is 4.79 Å². The zero-order valence-corrected chi connectivity index (χ0v) is 15.5. The Balaban J connectivity index is 1.45. The minimum absolute atomic E-state index is 0.130. The molecule has 9 nitrogen and oxygen atoms in total. The van der Waals surface area contributed by atoms with Crippen LogP contribution in [0.3, 0.4) is 0 Å². The fourth-order valence-electron chi connectivity index (χ4n) is 2.70. The lowest BCUT2D eigenvalue weighted by atomic mass is 10.2. The lowest BCUT2D eigenvalue weighted by Gasteiger charge is -1.99. The first-order valence-corrected chi connectivity index (χ1v) is 8.57. The van der Waals surface area contributed by atoms with E-state index in [1.54, 1.807) is 6.92 Å². The van der Waals surface area contributed by atoms with E-state index >= 15 is 0 Å². The minimum Gasteiger partial charge on any atom is -0.466 e. The first-order valence-electron chi connectivity index (χ1n) is 8.57. The molecule has 0 radical (unpaired) electrons. The summed E-state index contributed by atoms with van der Waals surface area (Å²) in [5.74, 6) is 1.30. The molecule has 0 fully saturated rings. The predicted octanol–water partition coefficient (Wildman–Crippen LogP) is 3.19. The highest BCUT2D eigenvalue weighted by atomic mass is 16.5. The van der Waals surface area contributed by atoms with Crippen LogP contribution in [0.5, 0.6) is 0 Å². The van der Waals surface area contributed by atoms with Crippen LogP contribution in [-0.2, 0) is 11.3 Å². The Hall–Kier alpha value is -3.75. The summed E-state index contributed by atoms with van der Waals surface area (Å²) in [7, 11) is 0. The van der Waals surface area contributed by atoms with Crippen LogP contribution in [0.1, 0.15) is 33.6 Å². The Bertz CT molecular complexity index is 1130. The number of ether oxygens (including phenoxy) is 1. The molecule has 0 aliphatic carbocycles. The average Bonchev–Trinajstić information content (AvgIpc) is 3.39. The number of esters is 1. The summed E-state index contributed by atoms with van der Waals surface area (Å²) in [6, 6.07) is 11.1. The smallest absolute Gasteiger partial charge is 0.361 e. The second-order valence-corrected chi connectivity index (χ2v) is 6.16. The van der Waals surface area contributed by atoms with Gasteiger partial charge in [-0.15, -0.1) is 15.3 Å². The van der Waals surface area contributed by atoms with Crippen molar-refractivity contribution < 1.29 is 18.4 Å². The van der Waals surface area contributed by atoms with Crippen LogP contribution in [0.15, 0.2) is 45.2 Å². The lowest BCUT2D eigenvalue weighted by Crippen LogP contribution is -2.08. The number of carbonyl (C=O) groups excluding carboxylic acids is 1. The number of hydrogen-bond donors (Lipinski definition) is 0. The van der Waals surface area contributed by atoms with Gasteiger partial charge in [0.25, 0.3) is 11.8 Å². The van der Waals surface area contributed by atoms with E-state index in [1.807, 2.05) is 50.2 Å². The summed E-state index contributed by atoms with van der Waals surface area (Å²) in [5.41, 5.74) is 2.05. The molecule has 9 heteroatoms. The summed E-state index contributed by atoms with van der Waals surface area (Å²) in [6.45, 7) is 5.17. The van der Waals surface area contributed by atoms with Crippen LogP contribution in [-0.4, -0.2) is 31.2 Å². The molecule has 28 heavy (non-hydrogen) atoms. The summed E-state index contributed by atoms with van der Waals surface area (Å²) >= 11 is 0. The normalized spacial score (nSPS) is 11.0. The first kappa shape index (κ1) is 17.7. The fraction of sp³-hybridized carbons (Fsp3) is 0.211. The molecule has 3 heterocycles. The maximum atomic E-state index is 12.4. The Kier molecular flexibility index (Phi) is 4.48. The van der Waals surface area contributed by atoms with Crippen molar-refractivity contribution in [3.63, 3.8) is 0 Å². The molecule has 1 aromatic carbocycles. The number of rotatable bonds is 5. The molecule has 0 amide bonds. The number of hydrogen-bond acceptors (Lipinski definition) is 8. The highest BCUT2D eigenvalue weighted by Gasteiger charge is 2.20. The van der Waals surface area contributed by atoms with E-state index < -0.39 is 5.97 Å². The van der Waals surface area contributed by atoms with Gasteiger partial charge in [-0.1, -0.05) is 18.2 Å². The van der Waals surface area contributed by atoms with E-state index in [9.17, 15) is 4.79 Å². The van der Waals surface area contributed by atoms with Crippen LogP contribution in [0.2, 0.25) is 0 Å². The van der Waals surface area contributed by atoms with Crippen molar-refractivity contribution in [1.29, 1.82) is 0 Å². The number of benzene rings is 1. The van der Waals surface area contributed by atoms with Gasteiger partial charge >= 0.3 is 5.97 Å². The van der Waals surface area contributed by atoms with Crippen molar-refractivity contribution in [2.24, 2.45) is 0 Å². The summed E-state index contributed by atoms with van der Waals surface area (Å²) in [5, 5.41) is 16.3. The lowest BCUT2D eigenvalue weighted by molar-refractivity contribution is 0.0430. The van der Waals surface area contributed by atoms with Gasteiger partial charge in [0.05, 0.1) is 16.9 Å². The standard InChI is InChI=1S/C19H17N5O4/c1-11-9-15(13(3)27-11)18-21-20-16(28-18)10-26-19(25)17-12(2)22-24(23-17)14-7-5-4-6-8-14/h4-9H,10H2,1-3H3. The summed E-state index contributed by atoms with van der Waals surface area (Å²) < 4.78 is 16.3. The van der Waals surface area contributed by atoms with Gasteiger partial charge in [-0.2, -0.15) is 9.90 Å². The third-order valence-electron chi connectivity index (χ3n) is 4.03. The molecule has 4 aromatic rings. The molecule has 0 spiro atoms. The van der Waals surface area contributed by atoms with Crippen molar-refractivity contribution >= 4 is 5.97 Å². The van der Waals surface area contributed by atoms with Gasteiger partial charge in [0.15, 0.2) is 12.3 Å². The topological polar surface area (TPSA) is 109 Å². The van der Waals surface area contributed by atoms with Gasteiger partial charge in [-0.3, -0.25) is 0 Å². The van der Waals surface area contributed by atoms with Gasteiger partial charge in [0.1, 0.15) is 11.5 Å². The molecule has 0 N–H and O–H groups in total. The third-order valence-corrected chi connectivity index (χ3v) is 4.03. The van der Waals surface area contributed by atoms with Gasteiger partial charge in [-0.05, 0) is 39.0 Å². The maximum Gasteiger partial charge on any atom is 0.361 e. The van der Waals surface area contributed by atoms with Crippen molar-refractivity contribution in [3.8, 4) is 17.1 Å². The highest BCUT2D eigenvalue weighted by molar-refractivity contribution is 5.88. The molecule has 0 aliphatic heterocycles. The molecule has 142 valence electrons. The Morgan fingerprint density at radius 1 is 1.07 bits per heavy atom. The number of para-hydroxylation sites is 1. The van der Waals surface area contributed by atoms with Crippen LogP contribution in [0.25, 0.3) is 17.1 Å². The SMILES string of the molecule is Cc1cc(-c2nnc(COC(=O)c3nn(-c4ccccc4)nc3C)o2)c(C)o1. The monoisotopic (exact) mass is 379 g/mol. The number of aromatic nitrogens is 5. The highest BCUT2D eigenvalue weighted by Crippen LogP contribution is 2.25. The molecule has 4 rings (SSSR count). The molecule has 0 unspecified atom stereocenters. The Morgan fingerprint density at radius 3 is 2.57 bits per heavy atom. The minimum atomic E-state index is -0.616. The van der Waals surface area contributed by atoms with E-state index in [1.165, 1.54) is 4.80 Å². The van der Waals surface area contributed by atoms with E-state index in [4.69, 9.17) is 13.6 Å². The van der Waals surface area contributed by atoms with Crippen molar-refractivity contribution in [2.45, 2.75) is 27.4 Å². The third kappa shape index (κ3) is 3.41. The van der Waals surface area contributed by atoms with Crippen LogP contribution < -0.4 is 0 Å². The Labute approximate surface area is 159 Å². The molecule has 0 saturated heterocycles. The summed E-state index contributed by atoms with van der Waals surface area (Å²) in [6.07, 6.45) is 0. The predicted molar refractivity (Wildman–Crippen MR) is 96.7 cm³/mol. The second-order valence-electron chi connectivity index (χ2n) is 6.16. The van der Waals surface area contributed by atoms with Gasteiger partial charge < -0.3 is 13.6 Å². The van der Waals surface area contributed by atoms with E-state index in [0.717, 1.165) is 11.4 Å². The summed E-state index contributed by atoms with van der Waals surface area (Å²) in [4.78, 5) is 13.8. The fourth-order valence-corrected chi connectivity index (χ4v) is 2.70. The quantitative estimate of drug-likeness (QED) is 0.486. The van der Waals surface area contributed by atoms with E-state index in [2.05, 4.69) is 20.4 Å². The van der Waals surface area contributed by atoms with Crippen LogP contribution in [0.4, 0.5) is 0 Å². The zero-order chi connectivity index (χ0) is 19.7. The molecule has 0 bridgehead atoms. The van der Waals surface area contributed by atoms with Crippen molar-refractivity contribution in [1.82, 2.24) is 25.2 Å². The number of furan rings is 1. The van der Waals surface area contributed by atoms with Crippen molar-refractivity contribution in [3.05, 3.63) is 65.2 Å². The van der Waals surface area contributed by atoms with Gasteiger partial charge in [0.2, 0.25) is 0 Å². The van der Waals surface area contributed by atoms with Crippen molar-refractivity contribution in [2.75, 3.05) is 0 Å². The van der Waals surface area contributed by atoms with E-state index in [-0.39, 0.29) is 18.2 Å². The molecular weight excluding hydrogens is 362 g/mol. The average molecular weight is 379 g/mol. The zero-order valence-electron chi connectivity index (χ0n) is 15.5. The molecule has 0 atom stereocenters. The molecule has 3 aromatic heterocycles.